The van der Waals surface area contributed by atoms with E-state index in [9.17, 15) is 4.79 Å². The number of anilines is 1. The summed E-state index contributed by atoms with van der Waals surface area (Å²) in [5.74, 6) is 0.793. The van der Waals surface area contributed by atoms with E-state index in [0.29, 0.717) is 13.2 Å². The number of hydrogen-bond acceptors (Lipinski definition) is 4. The summed E-state index contributed by atoms with van der Waals surface area (Å²) in [6, 6.07) is 15.7. The highest BCUT2D eigenvalue weighted by molar-refractivity contribution is 7.13. The number of thiazole rings is 1. The molecule has 0 radical (unpaired) electrons. The molecule has 6 heteroatoms. The third-order valence-corrected chi connectivity index (χ3v) is 4.89. The van der Waals surface area contributed by atoms with E-state index in [2.05, 4.69) is 16.4 Å². The molecule has 1 N–H and O–H groups in total. The van der Waals surface area contributed by atoms with Crippen molar-refractivity contribution in [1.82, 2.24) is 10.3 Å². The van der Waals surface area contributed by atoms with Crippen LogP contribution in [-0.4, -0.2) is 23.7 Å². The Morgan fingerprint density at radius 3 is 2.64 bits per heavy atom. The summed E-state index contributed by atoms with van der Waals surface area (Å²) >= 11 is 1.60. The summed E-state index contributed by atoms with van der Waals surface area (Å²) < 4.78 is 5.52. The van der Waals surface area contributed by atoms with Crippen LogP contribution in [0.15, 0.2) is 60.1 Å². The lowest BCUT2D eigenvalue weighted by Gasteiger charge is -2.25. The van der Waals surface area contributed by atoms with Crippen molar-refractivity contribution in [3.63, 3.8) is 0 Å². The molecule has 3 aromatic rings. The average Bonchev–Trinajstić information content (AvgIpc) is 3.22. The highest BCUT2D eigenvalue weighted by Gasteiger charge is 2.17. The largest absolute Gasteiger partial charge is 0.494 e. The lowest BCUT2D eigenvalue weighted by atomic mass is 10.1. The molecule has 5 nitrogen and oxygen atoms in total. The molecule has 1 aromatic heterocycles. The first kappa shape index (κ1) is 19.9. The van der Waals surface area contributed by atoms with Gasteiger partial charge in [0.2, 0.25) is 0 Å². The molecule has 3 rings (SSSR count). The van der Waals surface area contributed by atoms with E-state index in [0.717, 1.165) is 27.6 Å². The van der Waals surface area contributed by atoms with Crippen LogP contribution >= 0.6 is 11.3 Å². The summed E-state index contributed by atoms with van der Waals surface area (Å²) in [5, 5.41) is 5.92. The molecular formula is C22H25N3O2S. The molecule has 0 atom stereocenters. The van der Waals surface area contributed by atoms with Gasteiger partial charge in [-0.3, -0.25) is 4.90 Å². The third-order valence-electron chi connectivity index (χ3n) is 4.06. The van der Waals surface area contributed by atoms with E-state index in [1.807, 2.05) is 68.6 Å². The Balaban J connectivity index is 1.87. The summed E-state index contributed by atoms with van der Waals surface area (Å²) in [6.07, 6.45) is 1.80. The van der Waals surface area contributed by atoms with Crippen LogP contribution in [0.5, 0.6) is 5.75 Å². The fourth-order valence-electron chi connectivity index (χ4n) is 2.85. The highest BCUT2D eigenvalue weighted by Crippen LogP contribution is 2.25. The maximum absolute atomic E-state index is 12.9. The van der Waals surface area contributed by atoms with Crippen LogP contribution in [0.3, 0.4) is 0 Å². The molecule has 0 fully saturated rings. The first-order valence-corrected chi connectivity index (χ1v) is 10.2. The number of carbonyl (C=O) groups excluding carboxylic acids is 1. The van der Waals surface area contributed by atoms with Crippen molar-refractivity contribution in [3.8, 4) is 16.3 Å². The smallest absolute Gasteiger partial charge is 0.322 e. The molecular weight excluding hydrogens is 370 g/mol. The number of carbonyl (C=O) groups is 1. The van der Waals surface area contributed by atoms with Gasteiger partial charge in [-0.1, -0.05) is 18.2 Å². The van der Waals surface area contributed by atoms with E-state index in [1.165, 1.54) is 0 Å². The molecule has 0 saturated heterocycles. The number of rotatable bonds is 7. The molecule has 0 aliphatic heterocycles. The fraction of sp³-hybridized carbons (Fsp3) is 0.273. The Morgan fingerprint density at radius 2 is 2.00 bits per heavy atom. The quantitative estimate of drug-likeness (QED) is 0.588. The van der Waals surface area contributed by atoms with Gasteiger partial charge < -0.3 is 10.1 Å². The summed E-state index contributed by atoms with van der Waals surface area (Å²) in [5.41, 5.74) is 2.92. The molecule has 2 amide bonds. The molecule has 0 unspecified atom stereocenters. The lowest BCUT2D eigenvalue weighted by Crippen LogP contribution is -2.42. The van der Waals surface area contributed by atoms with Crippen LogP contribution in [0.4, 0.5) is 10.5 Å². The standard InChI is InChI=1S/C22H25N3O2S/c1-4-27-20-10-8-19(9-11-20)25(22(26)24-16(2)3)15-17-6-5-7-18(14-17)21-23-12-13-28-21/h5-14,16H,4,15H2,1-3H3,(H,24,26). The number of nitrogens with zero attached hydrogens (tertiary/aromatic N) is 2. The van der Waals surface area contributed by atoms with Gasteiger partial charge in [0.15, 0.2) is 0 Å². The molecule has 1 heterocycles. The van der Waals surface area contributed by atoms with Gasteiger partial charge in [0.05, 0.1) is 13.2 Å². The topological polar surface area (TPSA) is 54.5 Å². The van der Waals surface area contributed by atoms with Crippen molar-refractivity contribution in [2.45, 2.75) is 33.4 Å². The second-order valence-corrected chi connectivity index (χ2v) is 7.55. The molecule has 28 heavy (non-hydrogen) atoms. The van der Waals surface area contributed by atoms with Gasteiger partial charge in [-0.2, -0.15) is 0 Å². The maximum atomic E-state index is 12.9. The van der Waals surface area contributed by atoms with E-state index < -0.39 is 0 Å². The minimum Gasteiger partial charge on any atom is -0.494 e. The van der Waals surface area contributed by atoms with Crippen LogP contribution in [0.2, 0.25) is 0 Å². The van der Waals surface area contributed by atoms with Gasteiger partial charge >= 0.3 is 6.03 Å². The zero-order chi connectivity index (χ0) is 19.9. The molecule has 0 aliphatic rings. The van der Waals surface area contributed by atoms with Crippen molar-refractivity contribution in [3.05, 3.63) is 65.7 Å². The Hall–Kier alpha value is -2.86. The van der Waals surface area contributed by atoms with Crippen LogP contribution < -0.4 is 15.0 Å². The van der Waals surface area contributed by atoms with Crippen molar-refractivity contribution >= 4 is 23.1 Å². The zero-order valence-corrected chi connectivity index (χ0v) is 17.2. The van der Waals surface area contributed by atoms with Crippen LogP contribution in [-0.2, 0) is 6.54 Å². The predicted octanol–water partition coefficient (Wildman–Crippen LogP) is 5.33. The second kappa shape index (κ2) is 9.37. The van der Waals surface area contributed by atoms with Crippen molar-refractivity contribution in [2.75, 3.05) is 11.5 Å². The summed E-state index contributed by atoms with van der Waals surface area (Å²) in [6.45, 7) is 6.94. The van der Waals surface area contributed by atoms with Crippen LogP contribution in [0.1, 0.15) is 26.3 Å². The summed E-state index contributed by atoms with van der Waals surface area (Å²) in [4.78, 5) is 19.0. The molecule has 2 aromatic carbocycles. The first-order valence-electron chi connectivity index (χ1n) is 9.36. The van der Waals surface area contributed by atoms with Crippen molar-refractivity contribution < 1.29 is 9.53 Å². The first-order chi connectivity index (χ1) is 13.6. The minimum absolute atomic E-state index is 0.0550. The Kier molecular flexibility index (Phi) is 6.66. The van der Waals surface area contributed by atoms with E-state index in [1.54, 1.807) is 22.4 Å². The van der Waals surface area contributed by atoms with Gasteiger partial charge in [0.1, 0.15) is 10.8 Å². The molecule has 0 spiro atoms. The van der Waals surface area contributed by atoms with Crippen molar-refractivity contribution in [2.24, 2.45) is 0 Å². The Labute approximate surface area is 170 Å². The van der Waals surface area contributed by atoms with Gasteiger partial charge in [-0.15, -0.1) is 11.3 Å². The number of aromatic nitrogens is 1. The van der Waals surface area contributed by atoms with Gasteiger partial charge in [0, 0.05) is 28.9 Å². The van der Waals surface area contributed by atoms with E-state index >= 15 is 0 Å². The van der Waals surface area contributed by atoms with Gasteiger partial charge in [-0.05, 0) is 56.7 Å². The number of amides is 2. The normalized spacial score (nSPS) is 10.7. The third kappa shape index (κ3) is 5.10. The lowest BCUT2D eigenvalue weighted by molar-refractivity contribution is 0.243. The monoisotopic (exact) mass is 395 g/mol. The number of benzene rings is 2. The predicted molar refractivity (Wildman–Crippen MR) is 115 cm³/mol. The SMILES string of the molecule is CCOc1ccc(N(Cc2cccc(-c3nccs3)c2)C(=O)NC(C)C)cc1. The highest BCUT2D eigenvalue weighted by atomic mass is 32.1. The van der Waals surface area contributed by atoms with Gasteiger partial charge in [-0.25, -0.2) is 9.78 Å². The Morgan fingerprint density at radius 1 is 1.21 bits per heavy atom. The molecule has 0 aliphatic carbocycles. The minimum atomic E-state index is -0.126. The number of hydrogen-bond donors (Lipinski definition) is 1. The zero-order valence-electron chi connectivity index (χ0n) is 16.4. The van der Waals surface area contributed by atoms with Crippen LogP contribution in [0.25, 0.3) is 10.6 Å². The van der Waals surface area contributed by atoms with E-state index in [4.69, 9.17) is 4.74 Å². The fourth-order valence-corrected chi connectivity index (χ4v) is 3.48. The maximum Gasteiger partial charge on any atom is 0.322 e. The number of urea groups is 1. The molecule has 0 saturated carbocycles. The van der Waals surface area contributed by atoms with Crippen LogP contribution in [0, 0.1) is 0 Å². The number of ether oxygens (including phenoxy) is 1. The van der Waals surface area contributed by atoms with Crippen molar-refractivity contribution in [1.29, 1.82) is 0 Å². The van der Waals surface area contributed by atoms with E-state index in [-0.39, 0.29) is 12.1 Å². The number of nitrogens with one attached hydrogen (secondary N) is 1. The average molecular weight is 396 g/mol. The summed E-state index contributed by atoms with van der Waals surface area (Å²) in [7, 11) is 0. The molecule has 0 bridgehead atoms. The Bertz CT molecular complexity index is 892. The van der Waals surface area contributed by atoms with Gasteiger partial charge in [0.25, 0.3) is 0 Å². The second-order valence-electron chi connectivity index (χ2n) is 6.65. The molecule has 146 valence electrons.